The SMILES string of the molecule is CCn1nc(CN2CCC(CNC(=O)COc3ccc(F)cc3)CC2)c2c1CCOC2. The highest BCUT2D eigenvalue weighted by atomic mass is 19.1. The van der Waals surface area contributed by atoms with Crippen LogP contribution >= 0.6 is 0 Å². The summed E-state index contributed by atoms with van der Waals surface area (Å²) in [5.74, 6) is 0.484. The van der Waals surface area contributed by atoms with Crippen molar-refractivity contribution in [2.24, 2.45) is 5.92 Å². The fraction of sp³-hybridized carbons (Fsp3) is 0.565. The summed E-state index contributed by atoms with van der Waals surface area (Å²) in [6.45, 7) is 7.96. The van der Waals surface area contributed by atoms with Crippen LogP contribution in [0.5, 0.6) is 5.75 Å². The molecular formula is C23H31FN4O3. The van der Waals surface area contributed by atoms with E-state index in [1.807, 2.05) is 0 Å². The maximum atomic E-state index is 12.9. The highest BCUT2D eigenvalue weighted by Crippen LogP contribution is 2.24. The first-order valence-corrected chi connectivity index (χ1v) is 11.1. The molecule has 0 atom stereocenters. The fourth-order valence-corrected chi connectivity index (χ4v) is 4.32. The Morgan fingerprint density at radius 1 is 1.29 bits per heavy atom. The van der Waals surface area contributed by atoms with Gasteiger partial charge in [-0.3, -0.25) is 14.4 Å². The maximum Gasteiger partial charge on any atom is 0.257 e. The molecule has 8 heteroatoms. The zero-order valence-electron chi connectivity index (χ0n) is 18.1. The lowest BCUT2D eigenvalue weighted by atomic mass is 9.96. The minimum atomic E-state index is -0.324. The number of nitrogens with one attached hydrogen (secondary N) is 1. The molecule has 1 amide bonds. The van der Waals surface area contributed by atoms with Gasteiger partial charge in [-0.05, 0) is 63.0 Å². The van der Waals surface area contributed by atoms with Crippen LogP contribution in [0.2, 0.25) is 0 Å². The number of hydrogen-bond acceptors (Lipinski definition) is 5. The summed E-state index contributed by atoms with van der Waals surface area (Å²) in [6.07, 6.45) is 3.04. The first-order chi connectivity index (χ1) is 15.1. The van der Waals surface area contributed by atoms with E-state index in [9.17, 15) is 9.18 Å². The van der Waals surface area contributed by atoms with Crippen molar-refractivity contribution < 1.29 is 18.7 Å². The molecule has 31 heavy (non-hydrogen) atoms. The molecule has 0 saturated carbocycles. The van der Waals surface area contributed by atoms with Gasteiger partial charge in [-0.2, -0.15) is 5.10 Å². The van der Waals surface area contributed by atoms with Crippen LogP contribution in [0.3, 0.4) is 0 Å². The molecule has 2 aliphatic heterocycles. The van der Waals surface area contributed by atoms with Crippen LogP contribution in [0.4, 0.5) is 4.39 Å². The molecule has 0 bridgehead atoms. The van der Waals surface area contributed by atoms with E-state index < -0.39 is 0 Å². The summed E-state index contributed by atoms with van der Waals surface area (Å²) in [7, 11) is 0. The zero-order chi connectivity index (χ0) is 21.6. The highest BCUT2D eigenvalue weighted by molar-refractivity contribution is 5.77. The third-order valence-corrected chi connectivity index (χ3v) is 6.13. The van der Waals surface area contributed by atoms with Gasteiger partial charge in [0, 0.05) is 37.3 Å². The molecule has 1 N–H and O–H groups in total. The Hall–Kier alpha value is -2.45. The van der Waals surface area contributed by atoms with Crippen molar-refractivity contribution in [1.29, 1.82) is 0 Å². The smallest absolute Gasteiger partial charge is 0.257 e. The molecule has 1 fully saturated rings. The second-order valence-electron chi connectivity index (χ2n) is 8.26. The average Bonchev–Trinajstić information content (AvgIpc) is 3.16. The molecule has 2 aliphatic rings. The quantitative estimate of drug-likeness (QED) is 0.697. The first kappa shape index (κ1) is 21.8. The van der Waals surface area contributed by atoms with Crippen molar-refractivity contribution in [2.45, 2.75) is 45.9 Å². The van der Waals surface area contributed by atoms with Crippen LogP contribution < -0.4 is 10.1 Å². The van der Waals surface area contributed by atoms with Crippen LogP contribution in [0.1, 0.15) is 36.7 Å². The summed E-state index contributed by atoms with van der Waals surface area (Å²) in [4.78, 5) is 14.5. The Labute approximate surface area is 182 Å². The number of amides is 1. The zero-order valence-corrected chi connectivity index (χ0v) is 18.1. The lowest BCUT2D eigenvalue weighted by molar-refractivity contribution is -0.123. The van der Waals surface area contributed by atoms with E-state index in [2.05, 4.69) is 21.8 Å². The Morgan fingerprint density at radius 2 is 2.06 bits per heavy atom. The second kappa shape index (κ2) is 10.2. The molecule has 1 aromatic carbocycles. The Balaban J connectivity index is 1.18. The molecule has 0 radical (unpaired) electrons. The molecule has 3 heterocycles. The summed E-state index contributed by atoms with van der Waals surface area (Å²) < 4.78 is 26.1. The molecule has 0 aliphatic carbocycles. The number of carbonyl (C=O) groups excluding carboxylic acids is 1. The van der Waals surface area contributed by atoms with Gasteiger partial charge in [0.05, 0.1) is 18.9 Å². The van der Waals surface area contributed by atoms with Crippen molar-refractivity contribution in [3.63, 3.8) is 0 Å². The molecular weight excluding hydrogens is 399 g/mol. The van der Waals surface area contributed by atoms with Gasteiger partial charge in [-0.1, -0.05) is 0 Å². The monoisotopic (exact) mass is 430 g/mol. The summed E-state index contributed by atoms with van der Waals surface area (Å²) >= 11 is 0. The van der Waals surface area contributed by atoms with E-state index in [1.54, 1.807) is 0 Å². The van der Waals surface area contributed by atoms with Gasteiger partial charge < -0.3 is 14.8 Å². The molecule has 7 nitrogen and oxygen atoms in total. The number of nitrogens with zero attached hydrogens (tertiary/aromatic N) is 3. The molecule has 0 unspecified atom stereocenters. The summed E-state index contributed by atoms with van der Waals surface area (Å²) in [6, 6.07) is 5.67. The maximum absolute atomic E-state index is 12.9. The predicted octanol–water partition coefficient (Wildman–Crippen LogP) is 2.52. The lowest BCUT2D eigenvalue weighted by Crippen LogP contribution is -2.39. The van der Waals surface area contributed by atoms with Gasteiger partial charge >= 0.3 is 0 Å². The van der Waals surface area contributed by atoms with E-state index in [1.165, 1.54) is 35.5 Å². The van der Waals surface area contributed by atoms with E-state index in [0.717, 1.165) is 57.7 Å². The van der Waals surface area contributed by atoms with Crippen molar-refractivity contribution in [3.05, 3.63) is 47.0 Å². The highest BCUT2D eigenvalue weighted by Gasteiger charge is 2.25. The number of ether oxygens (including phenoxy) is 2. The molecule has 2 aromatic rings. The van der Waals surface area contributed by atoms with E-state index >= 15 is 0 Å². The number of benzene rings is 1. The molecule has 1 aromatic heterocycles. The number of aryl methyl sites for hydroxylation is 1. The number of likely N-dealkylation sites (tertiary alicyclic amines) is 1. The van der Waals surface area contributed by atoms with Crippen molar-refractivity contribution in [1.82, 2.24) is 20.0 Å². The Kier molecular flexibility index (Phi) is 7.19. The molecule has 1 saturated heterocycles. The van der Waals surface area contributed by atoms with Gasteiger partial charge in [-0.15, -0.1) is 0 Å². The summed E-state index contributed by atoms with van der Waals surface area (Å²) in [5, 5.41) is 7.80. The average molecular weight is 431 g/mol. The van der Waals surface area contributed by atoms with Crippen LogP contribution in [0.25, 0.3) is 0 Å². The minimum Gasteiger partial charge on any atom is -0.484 e. The number of hydrogen-bond donors (Lipinski definition) is 1. The standard InChI is InChI=1S/C23H31FN4O3/c1-2-28-22-9-12-30-15-20(22)21(26-28)14-27-10-7-17(8-11-27)13-25-23(29)16-31-19-5-3-18(24)4-6-19/h3-6,17H,2,7-16H2,1H3,(H,25,29). The predicted molar refractivity (Wildman–Crippen MR) is 114 cm³/mol. The van der Waals surface area contributed by atoms with Gasteiger partial charge in [0.25, 0.3) is 5.91 Å². The van der Waals surface area contributed by atoms with Gasteiger partial charge in [0.15, 0.2) is 6.61 Å². The fourth-order valence-electron chi connectivity index (χ4n) is 4.32. The van der Waals surface area contributed by atoms with Crippen molar-refractivity contribution >= 4 is 5.91 Å². The van der Waals surface area contributed by atoms with E-state index in [4.69, 9.17) is 14.6 Å². The molecule has 0 spiro atoms. The van der Waals surface area contributed by atoms with Crippen LogP contribution in [0.15, 0.2) is 24.3 Å². The van der Waals surface area contributed by atoms with Crippen LogP contribution in [0, 0.1) is 11.7 Å². The number of aromatic nitrogens is 2. The van der Waals surface area contributed by atoms with Crippen molar-refractivity contribution in [2.75, 3.05) is 32.8 Å². The number of rotatable bonds is 8. The van der Waals surface area contributed by atoms with Crippen molar-refractivity contribution in [3.8, 4) is 5.75 Å². The topological polar surface area (TPSA) is 68.6 Å². The largest absolute Gasteiger partial charge is 0.484 e. The van der Waals surface area contributed by atoms with Crippen LogP contribution in [-0.2, 0) is 35.6 Å². The van der Waals surface area contributed by atoms with Gasteiger partial charge in [-0.25, -0.2) is 4.39 Å². The normalized spacial score (nSPS) is 17.4. The molecule has 168 valence electrons. The Morgan fingerprint density at radius 3 is 2.81 bits per heavy atom. The summed E-state index contributed by atoms with van der Waals surface area (Å²) in [5.41, 5.74) is 3.77. The molecule has 4 rings (SSSR count). The Bertz CT molecular complexity index is 876. The first-order valence-electron chi connectivity index (χ1n) is 11.1. The van der Waals surface area contributed by atoms with E-state index in [0.29, 0.717) is 24.8 Å². The number of piperidine rings is 1. The third-order valence-electron chi connectivity index (χ3n) is 6.13. The number of carbonyl (C=O) groups is 1. The van der Waals surface area contributed by atoms with Gasteiger partial charge in [0.2, 0.25) is 0 Å². The van der Waals surface area contributed by atoms with E-state index in [-0.39, 0.29) is 18.3 Å². The minimum absolute atomic E-state index is 0.0578. The lowest BCUT2D eigenvalue weighted by Gasteiger charge is -2.31. The number of fused-ring (bicyclic) bond motifs is 1. The second-order valence-corrected chi connectivity index (χ2v) is 8.26. The third kappa shape index (κ3) is 5.62. The van der Waals surface area contributed by atoms with Gasteiger partial charge in [0.1, 0.15) is 11.6 Å². The van der Waals surface area contributed by atoms with Crippen LogP contribution in [-0.4, -0.2) is 53.4 Å². The number of halogens is 1.